The number of rotatable bonds is 3. The third-order valence-corrected chi connectivity index (χ3v) is 10.7. The van der Waals surface area contributed by atoms with Gasteiger partial charge in [-0.2, -0.15) is 0 Å². The van der Waals surface area contributed by atoms with Gasteiger partial charge in [0.1, 0.15) is 0 Å². The van der Waals surface area contributed by atoms with E-state index in [9.17, 15) is 0 Å². The first kappa shape index (κ1) is 24.0. The van der Waals surface area contributed by atoms with Crippen LogP contribution in [0.5, 0.6) is 0 Å². The Hall–Kier alpha value is -4.62. The highest BCUT2D eigenvalue weighted by Crippen LogP contribution is 2.70. The van der Waals surface area contributed by atoms with Crippen LogP contribution in [0.15, 0.2) is 97.1 Å². The van der Waals surface area contributed by atoms with Crippen molar-refractivity contribution >= 4 is 5.69 Å². The Kier molecular flexibility index (Phi) is 5.11. The van der Waals surface area contributed by atoms with Crippen molar-refractivity contribution < 1.29 is 0 Å². The largest absolute Gasteiger partial charge is 0.238 e. The molecule has 0 aliphatic heterocycles. The summed E-state index contributed by atoms with van der Waals surface area (Å²) < 4.78 is 0. The second kappa shape index (κ2) is 8.94. The Morgan fingerprint density at radius 3 is 1.71 bits per heavy atom. The number of aromatic nitrogens is 3. The average molecular weight is 543 g/mol. The van der Waals surface area contributed by atoms with E-state index in [1.54, 1.807) is 0 Å². The Morgan fingerprint density at radius 2 is 1.14 bits per heavy atom. The Morgan fingerprint density at radius 1 is 0.571 bits per heavy atom. The molecule has 42 heavy (non-hydrogen) atoms. The summed E-state index contributed by atoms with van der Waals surface area (Å²) in [4.78, 5) is 19.1. The lowest BCUT2D eigenvalue weighted by molar-refractivity contribution is -0.0399. The average Bonchev–Trinajstić information content (AvgIpc) is 3.34. The van der Waals surface area contributed by atoms with Gasteiger partial charge >= 0.3 is 0 Å². The third-order valence-electron chi connectivity index (χ3n) is 10.7. The second-order valence-corrected chi connectivity index (χ2v) is 12.8. The molecule has 4 fully saturated rings. The highest BCUT2D eigenvalue weighted by molar-refractivity contribution is 5.92. The molecule has 1 heterocycles. The quantitative estimate of drug-likeness (QED) is 0.214. The molecular weight excluding hydrogens is 512 g/mol. The van der Waals surface area contributed by atoms with E-state index in [2.05, 4.69) is 59.4 Å². The summed E-state index contributed by atoms with van der Waals surface area (Å²) in [5.41, 5.74) is 8.97. The highest BCUT2D eigenvalue weighted by Gasteiger charge is 2.61. The maximum absolute atomic E-state index is 8.04. The van der Waals surface area contributed by atoms with E-state index in [-0.39, 0.29) is 5.41 Å². The van der Waals surface area contributed by atoms with Crippen LogP contribution in [0.4, 0.5) is 5.69 Å². The lowest BCUT2D eigenvalue weighted by Gasteiger charge is -2.61. The first-order valence-corrected chi connectivity index (χ1v) is 15.3. The van der Waals surface area contributed by atoms with Gasteiger partial charge in [-0.1, -0.05) is 91.0 Å². The smallest absolute Gasteiger partial charge is 0.195 e. The lowest BCUT2D eigenvalue weighted by Crippen LogP contribution is -2.55. The molecule has 5 aliphatic carbocycles. The van der Waals surface area contributed by atoms with Crippen molar-refractivity contribution in [2.75, 3.05) is 0 Å². The molecule has 0 N–H and O–H groups in total. The Balaban J connectivity index is 1.27. The molecule has 4 bridgehead atoms. The van der Waals surface area contributed by atoms with Gasteiger partial charge in [-0.25, -0.2) is 19.8 Å². The molecule has 4 heteroatoms. The number of fused-ring (bicyclic) bond motifs is 3. The molecule has 0 radical (unpaired) electrons. The van der Waals surface area contributed by atoms with E-state index in [0.29, 0.717) is 29.3 Å². The summed E-state index contributed by atoms with van der Waals surface area (Å²) in [6, 6.07) is 33.7. The zero-order valence-electron chi connectivity index (χ0n) is 23.4. The molecule has 0 amide bonds. The van der Waals surface area contributed by atoms with Crippen molar-refractivity contribution in [3.63, 3.8) is 0 Å². The zero-order valence-corrected chi connectivity index (χ0v) is 23.4. The predicted molar refractivity (Wildman–Crippen MR) is 166 cm³/mol. The normalized spacial score (nSPS) is 26.2. The van der Waals surface area contributed by atoms with Crippen molar-refractivity contribution in [3.8, 4) is 45.3 Å². The Labute approximate surface area is 246 Å². The minimum absolute atomic E-state index is 0.0215. The van der Waals surface area contributed by atoms with E-state index in [1.165, 1.54) is 54.4 Å². The van der Waals surface area contributed by atoms with Gasteiger partial charge in [-0.15, -0.1) is 0 Å². The summed E-state index contributed by atoms with van der Waals surface area (Å²) in [6.45, 7) is 8.04. The number of nitrogens with zero attached hydrogens (tertiary/aromatic N) is 4. The standard InChI is InChI=1S/C38H30N4/c1-39-33-14-8-13-31-34(33)30-16-15-27(22-32(30)38(31)28-18-23-17-24(20-28)21-29(38)19-23)37-41-35(25-9-4-2-5-10-25)40-36(42-37)26-11-6-3-7-12-26/h2-16,22-24,28-29H,17-21H2. The molecule has 0 unspecified atom stereocenters. The summed E-state index contributed by atoms with van der Waals surface area (Å²) in [7, 11) is 0. The fourth-order valence-corrected chi connectivity index (χ4v) is 9.39. The number of benzene rings is 4. The summed E-state index contributed by atoms with van der Waals surface area (Å²) >= 11 is 0. The van der Waals surface area contributed by atoms with Crippen LogP contribution >= 0.6 is 0 Å². The SMILES string of the molecule is [C-]#[N+]c1cccc2c1-c1ccc(-c3nc(-c4ccccc4)nc(-c4ccccc4)n3)cc1C21C2CC3CC(C2)CC1C3. The van der Waals surface area contributed by atoms with Crippen LogP contribution in [0.25, 0.3) is 50.1 Å². The molecule has 4 aromatic carbocycles. The van der Waals surface area contributed by atoms with E-state index >= 15 is 0 Å². The molecule has 4 nitrogen and oxygen atoms in total. The van der Waals surface area contributed by atoms with Crippen LogP contribution in [0.2, 0.25) is 0 Å². The second-order valence-electron chi connectivity index (χ2n) is 12.8. The van der Waals surface area contributed by atoms with Crippen molar-refractivity contribution in [2.24, 2.45) is 23.7 Å². The summed E-state index contributed by atoms with van der Waals surface area (Å²) in [6.07, 6.45) is 6.64. The van der Waals surface area contributed by atoms with Gasteiger partial charge in [0.25, 0.3) is 0 Å². The van der Waals surface area contributed by atoms with Crippen LogP contribution in [0.1, 0.15) is 43.2 Å². The fraction of sp³-hybridized carbons (Fsp3) is 0.263. The van der Waals surface area contributed by atoms with E-state index in [1.807, 2.05) is 42.5 Å². The van der Waals surface area contributed by atoms with Gasteiger partial charge in [0.2, 0.25) is 0 Å². The Bertz CT molecular complexity index is 1820. The number of hydrogen-bond donors (Lipinski definition) is 0. The van der Waals surface area contributed by atoms with E-state index < -0.39 is 0 Å². The molecule has 202 valence electrons. The molecule has 5 aliphatic rings. The van der Waals surface area contributed by atoms with Crippen molar-refractivity contribution in [3.05, 3.63) is 120 Å². The summed E-state index contributed by atoms with van der Waals surface area (Å²) in [5.74, 6) is 5.05. The molecule has 4 saturated carbocycles. The van der Waals surface area contributed by atoms with Crippen LogP contribution in [0.3, 0.4) is 0 Å². The lowest BCUT2D eigenvalue weighted by atomic mass is 9.43. The van der Waals surface area contributed by atoms with E-state index in [4.69, 9.17) is 21.5 Å². The van der Waals surface area contributed by atoms with Crippen molar-refractivity contribution in [2.45, 2.75) is 37.5 Å². The molecular formula is C38H30N4. The number of hydrogen-bond acceptors (Lipinski definition) is 3. The van der Waals surface area contributed by atoms with Crippen molar-refractivity contribution in [1.29, 1.82) is 0 Å². The minimum Gasteiger partial charge on any atom is -0.238 e. The molecule has 0 saturated heterocycles. The zero-order chi connectivity index (χ0) is 27.8. The van der Waals surface area contributed by atoms with Crippen LogP contribution in [-0.4, -0.2) is 15.0 Å². The maximum Gasteiger partial charge on any atom is 0.195 e. The maximum atomic E-state index is 8.04. The van der Waals surface area contributed by atoms with Gasteiger partial charge in [0.05, 0.1) is 6.57 Å². The van der Waals surface area contributed by atoms with Gasteiger partial charge in [-0.05, 0) is 84.1 Å². The van der Waals surface area contributed by atoms with Gasteiger partial charge in [0, 0.05) is 22.1 Å². The van der Waals surface area contributed by atoms with Gasteiger partial charge in [0.15, 0.2) is 23.2 Å². The monoisotopic (exact) mass is 542 g/mol. The molecule has 1 spiro atoms. The topological polar surface area (TPSA) is 43.0 Å². The molecule has 10 rings (SSSR count). The van der Waals surface area contributed by atoms with Crippen LogP contribution < -0.4 is 0 Å². The predicted octanol–water partition coefficient (Wildman–Crippen LogP) is 9.15. The minimum atomic E-state index is -0.0215. The van der Waals surface area contributed by atoms with Crippen molar-refractivity contribution in [1.82, 2.24) is 15.0 Å². The van der Waals surface area contributed by atoms with Gasteiger partial charge in [-0.3, -0.25) is 0 Å². The first-order chi connectivity index (χ1) is 20.7. The highest BCUT2D eigenvalue weighted by atomic mass is 15.0. The molecule has 5 aromatic rings. The van der Waals surface area contributed by atoms with Crippen LogP contribution in [0, 0.1) is 30.2 Å². The fourth-order valence-electron chi connectivity index (χ4n) is 9.39. The molecule has 0 atom stereocenters. The summed E-state index contributed by atoms with van der Waals surface area (Å²) in [5, 5.41) is 0. The first-order valence-electron chi connectivity index (χ1n) is 15.3. The third kappa shape index (κ3) is 3.31. The molecule has 1 aromatic heterocycles. The van der Waals surface area contributed by atoms with Gasteiger partial charge < -0.3 is 0 Å². The van der Waals surface area contributed by atoms with Crippen LogP contribution in [-0.2, 0) is 5.41 Å². The van der Waals surface area contributed by atoms with E-state index in [0.717, 1.165) is 34.2 Å².